The van der Waals surface area contributed by atoms with Crippen molar-refractivity contribution in [1.29, 1.82) is 0 Å². The zero-order valence-electron chi connectivity index (χ0n) is 19.2. The Morgan fingerprint density at radius 3 is 2.48 bits per heavy atom. The molecule has 3 heterocycles. The summed E-state index contributed by atoms with van der Waals surface area (Å²) in [4.78, 5) is 22.1. The van der Waals surface area contributed by atoms with Crippen LogP contribution in [-0.4, -0.2) is 56.7 Å². The quantitative estimate of drug-likeness (QED) is 0.471. The van der Waals surface area contributed by atoms with E-state index in [2.05, 4.69) is 65.3 Å². The highest BCUT2D eigenvalue weighted by Crippen LogP contribution is 2.30. The minimum atomic E-state index is 0.0986. The Balaban J connectivity index is 1.30. The molecule has 4 aromatic rings. The van der Waals surface area contributed by atoms with Crippen LogP contribution in [0.15, 0.2) is 66.9 Å². The summed E-state index contributed by atoms with van der Waals surface area (Å²) < 4.78 is 1.77. The Morgan fingerprint density at radius 2 is 1.73 bits per heavy atom. The Bertz CT molecular complexity index is 1270. The maximum Gasteiger partial charge on any atom is 0.244 e. The number of hydrogen-bond acceptors (Lipinski definition) is 4. The molecule has 0 spiro atoms. The van der Waals surface area contributed by atoms with Gasteiger partial charge in [0.25, 0.3) is 0 Å². The van der Waals surface area contributed by atoms with Gasteiger partial charge in [-0.25, -0.2) is 9.67 Å². The minimum Gasteiger partial charge on any atom is -0.339 e. The molecule has 0 atom stereocenters. The molecule has 1 saturated heterocycles. The fourth-order valence-corrected chi connectivity index (χ4v) is 4.67. The first-order valence-corrected chi connectivity index (χ1v) is 11.5. The molecule has 2 aromatic carbocycles. The summed E-state index contributed by atoms with van der Waals surface area (Å²) in [6.45, 7) is 8.48. The zero-order valence-corrected chi connectivity index (χ0v) is 19.2. The van der Waals surface area contributed by atoms with E-state index in [0.29, 0.717) is 0 Å². The highest BCUT2D eigenvalue weighted by Gasteiger charge is 2.23. The smallest absolute Gasteiger partial charge is 0.244 e. The van der Waals surface area contributed by atoms with Crippen LogP contribution in [-0.2, 0) is 17.9 Å². The highest BCUT2D eigenvalue weighted by atomic mass is 16.2. The van der Waals surface area contributed by atoms with Crippen LogP contribution in [0, 0.1) is 13.8 Å². The Morgan fingerprint density at radius 1 is 0.939 bits per heavy atom. The topological polar surface area (TPSA) is 54.3 Å². The molecule has 33 heavy (non-hydrogen) atoms. The van der Waals surface area contributed by atoms with Gasteiger partial charge in [-0.05, 0) is 36.6 Å². The Hall–Kier alpha value is -3.51. The highest BCUT2D eigenvalue weighted by molar-refractivity contribution is 5.95. The van der Waals surface area contributed by atoms with Gasteiger partial charge in [-0.1, -0.05) is 60.2 Å². The second-order valence-electron chi connectivity index (χ2n) is 8.81. The lowest BCUT2D eigenvalue weighted by atomic mass is 10.0. The molecule has 1 aliphatic heterocycles. The van der Waals surface area contributed by atoms with Crippen LogP contribution in [0.1, 0.15) is 16.8 Å². The number of carbonyl (C=O) groups is 1. The van der Waals surface area contributed by atoms with E-state index in [0.717, 1.165) is 60.6 Å². The van der Waals surface area contributed by atoms with Crippen molar-refractivity contribution in [3.8, 4) is 11.1 Å². The fourth-order valence-electron chi connectivity index (χ4n) is 4.67. The normalized spacial score (nSPS) is 14.7. The molecule has 6 heteroatoms. The number of hydrogen-bond donors (Lipinski definition) is 0. The molecule has 1 fully saturated rings. The molecule has 6 nitrogen and oxygen atoms in total. The lowest BCUT2D eigenvalue weighted by Gasteiger charge is -2.34. The Labute approximate surface area is 194 Å². The van der Waals surface area contributed by atoms with E-state index < -0.39 is 0 Å². The van der Waals surface area contributed by atoms with Crippen LogP contribution in [0.25, 0.3) is 22.2 Å². The maximum atomic E-state index is 13.1. The van der Waals surface area contributed by atoms with Gasteiger partial charge in [-0.3, -0.25) is 9.69 Å². The van der Waals surface area contributed by atoms with Crippen LogP contribution in [0.4, 0.5) is 0 Å². The molecule has 5 rings (SSSR count). The summed E-state index contributed by atoms with van der Waals surface area (Å²) in [6.07, 6.45) is 1.81. The molecule has 0 N–H and O–H groups in total. The summed E-state index contributed by atoms with van der Waals surface area (Å²) in [5.74, 6) is 0.0986. The summed E-state index contributed by atoms with van der Waals surface area (Å²) in [7, 11) is 0. The molecular weight excluding hydrogens is 410 g/mol. The second kappa shape index (κ2) is 9.16. The molecule has 0 aliphatic carbocycles. The van der Waals surface area contributed by atoms with Gasteiger partial charge in [0.2, 0.25) is 5.91 Å². The number of nitrogens with zero attached hydrogens (tertiary/aromatic N) is 5. The van der Waals surface area contributed by atoms with Crippen molar-refractivity contribution in [3.05, 3.63) is 83.7 Å². The Kier molecular flexibility index (Phi) is 5.92. The van der Waals surface area contributed by atoms with Crippen LogP contribution in [0.5, 0.6) is 0 Å². The van der Waals surface area contributed by atoms with E-state index >= 15 is 0 Å². The van der Waals surface area contributed by atoms with Crippen LogP contribution in [0.2, 0.25) is 0 Å². The largest absolute Gasteiger partial charge is 0.339 e. The number of amides is 1. The van der Waals surface area contributed by atoms with Gasteiger partial charge >= 0.3 is 0 Å². The van der Waals surface area contributed by atoms with E-state index in [1.54, 1.807) is 4.68 Å². The molecule has 1 amide bonds. The van der Waals surface area contributed by atoms with Crippen LogP contribution >= 0.6 is 0 Å². The summed E-state index contributed by atoms with van der Waals surface area (Å²) in [5.41, 5.74) is 6.44. The monoisotopic (exact) mass is 439 g/mol. The molecule has 0 bridgehead atoms. The number of rotatable bonds is 5. The van der Waals surface area contributed by atoms with Crippen molar-refractivity contribution in [1.82, 2.24) is 24.6 Å². The number of fused-ring (bicyclic) bond motifs is 1. The van der Waals surface area contributed by atoms with E-state index in [4.69, 9.17) is 5.10 Å². The predicted molar refractivity (Wildman–Crippen MR) is 131 cm³/mol. The van der Waals surface area contributed by atoms with Crippen molar-refractivity contribution in [2.24, 2.45) is 0 Å². The third-order valence-electron chi connectivity index (χ3n) is 6.40. The number of aryl methyl sites for hydroxylation is 2. The number of carbonyl (C=O) groups excluding carboxylic acids is 1. The third kappa shape index (κ3) is 4.52. The summed E-state index contributed by atoms with van der Waals surface area (Å²) in [6, 6.07) is 21.0. The molecule has 0 radical (unpaired) electrons. The lowest BCUT2D eigenvalue weighted by Crippen LogP contribution is -2.49. The summed E-state index contributed by atoms with van der Waals surface area (Å²) in [5, 5.41) is 5.72. The minimum absolute atomic E-state index is 0.0986. The average Bonchev–Trinajstić information content (AvgIpc) is 3.15. The first-order valence-electron chi connectivity index (χ1n) is 11.5. The lowest BCUT2D eigenvalue weighted by molar-refractivity contribution is -0.133. The van der Waals surface area contributed by atoms with Gasteiger partial charge in [0.1, 0.15) is 6.54 Å². The van der Waals surface area contributed by atoms with Gasteiger partial charge in [0, 0.05) is 44.3 Å². The summed E-state index contributed by atoms with van der Waals surface area (Å²) >= 11 is 0. The first kappa shape index (κ1) is 21.3. The van der Waals surface area contributed by atoms with Crippen molar-refractivity contribution in [2.75, 3.05) is 26.2 Å². The fraction of sp³-hybridized carbons (Fsp3) is 0.296. The van der Waals surface area contributed by atoms with Gasteiger partial charge in [0.05, 0.1) is 5.69 Å². The molecule has 0 saturated carbocycles. The van der Waals surface area contributed by atoms with E-state index in [9.17, 15) is 4.79 Å². The molecular formula is C27H29N5O. The van der Waals surface area contributed by atoms with Gasteiger partial charge < -0.3 is 4.90 Å². The molecule has 0 unspecified atom stereocenters. The zero-order chi connectivity index (χ0) is 22.8. The number of benzene rings is 2. The van der Waals surface area contributed by atoms with Crippen molar-refractivity contribution in [2.45, 2.75) is 26.9 Å². The maximum absolute atomic E-state index is 13.1. The van der Waals surface area contributed by atoms with Crippen LogP contribution in [0.3, 0.4) is 0 Å². The molecule has 1 aliphatic rings. The van der Waals surface area contributed by atoms with E-state index in [1.807, 2.05) is 30.2 Å². The molecule has 2 aromatic heterocycles. The predicted octanol–water partition coefficient (Wildman–Crippen LogP) is 4.06. The second-order valence-corrected chi connectivity index (χ2v) is 8.81. The van der Waals surface area contributed by atoms with Crippen molar-refractivity contribution in [3.63, 3.8) is 0 Å². The standard InChI is InChI=1S/C27H29N5O/c1-20-7-6-10-23(17-20)24-11-12-28-27-26(24)21(2)29-32(27)19-25(33)31-15-13-30(14-16-31)18-22-8-4-3-5-9-22/h3-12,17H,13-16,18-19H2,1-2H3. The van der Waals surface area contributed by atoms with Crippen molar-refractivity contribution >= 4 is 16.9 Å². The number of pyridine rings is 1. The van der Waals surface area contributed by atoms with Crippen LogP contribution < -0.4 is 0 Å². The van der Waals surface area contributed by atoms with Gasteiger partial charge in [0.15, 0.2) is 5.65 Å². The number of piperazine rings is 1. The SMILES string of the molecule is Cc1cccc(-c2ccnc3c2c(C)nn3CC(=O)N2CCN(Cc3ccccc3)CC2)c1. The van der Waals surface area contributed by atoms with E-state index in [1.165, 1.54) is 11.1 Å². The average molecular weight is 440 g/mol. The third-order valence-corrected chi connectivity index (χ3v) is 6.40. The van der Waals surface area contributed by atoms with E-state index in [-0.39, 0.29) is 12.5 Å². The van der Waals surface area contributed by atoms with Gasteiger partial charge in [-0.15, -0.1) is 0 Å². The number of aromatic nitrogens is 3. The molecule has 168 valence electrons. The van der Waals surface area contributed by atoms with Gasteiger partial charge in [-0.2, -0.15) is 5.10 Å². The van der Waals surface area contributed by atoms with Crippen molar-refractivity contribution < 1.29 is 4.79 Å². The first-order chi connectivity index (χ1) is 16.1.